The predicted molar refractivity (Wildman–Crippen MR) is 83.7 cm³/mol. The maximum atomic E-state index is 11.7. The van der Waals surface area contributed by atoms with Gasteiger partial charge in [0.15, 0.2) is 5.13 Å². The lowest BCUT2D eigenvalue weighted by Gasteiger charge is -2.05. The highest BCUT2D eigenvalue weighted by Crippen LogP contribution is 2.15. The molecule has 2 amide bonds. The molecular formula is C14H16ClN3OS. The van der Waals surface area contributed by atoms with E-state index in [1.165, 1.54) is 11.3 Å². The Hall–Kier alpha value is -1.59. The molecule has 0 fully saturated rings. The summed E-state index contributed by atoms with van der Waals surface area (Å²) in [6, 6.07) is 7.39. The highest BCUT2D eigenvalue weighted by atomic mass is 35.5. The van der Waals surface area contributed by atoms with Crippen LogP contribution in [0.5, 0.6) is 0 Å². The first-order valence-electron chi connectivity index (χ1n) is 6.41. The average Bonchev–Trinajstić information content (AvgIpc) is 2.86. The first-order chi connectivity index (χ1) is 9.67. The van der Waals surface area contributed by atoms with Crippen molar-refractivity contribution in [3.8, 4) is 0 Å². The molecule has 0 spiro atoms. The molecule has 0 atom stereocenters. The smallest absolute Gasteiger partial charge is 0.321 e. The highest BCUT2D eigenvalue weighted by molar-refractivity contribution is 7.13. The van der Waals surface area contributed by atoms with Gasteiger partial charge in [-0.15, -0.1) is 11.3 Å². The van der Waals surface area contributed by atoms with E-state index in [0.29, 0.717) is 16.7 Å². The van der Waals surface area contributed by atoms with E-state index in [9.17, 15) is 4.79 Å². The van der Waals surface area contributed by atoms with Gasteiger partial charge in [-0.25, -0.2) is 9.78 Å². The molecule has 4 nitrogen and oxygen atoms in total. The van der Waals surface area contributed by atoms with Crippen molar-refractivity contribution in [3.05, 3.63) is 45.9 Å². The summed E-state index contributed by atoms with van der Waals surface area (Å²) in [5.74, 6) is 0. The molecule has 0 aliphatic carbocycles. The van der Waals surface area contributed by atoms with Gasteiger partial charge in [0.1, 0.15) is 0 Å². The summed E-state index contributed by atoms with van der Waals surface area (Å²) in [5, 5.41) is 8.81. The summed E-state index contributed by atoms with van der Waals surface area (Å²) in [7, 11) is 0. The molecular weight excluding hydrogens is 294 g/mol. The van der Waals surface area contributed by atoms with E-state index in [-0.39, 0.29) is 6.03 Å². The number of hydrogen-bond acceptors (Lipinski definition) is 3. The van der Waals surface area contributed by atoms with Crippen molar-refractivity contribution in [2.45, 2.75) is 19.8 Å². The zero-order chi connectivity index (χ0) is 14.4. The highest BCUT2D eigenvalue weighted by Gasteiger charge is 2.05. The number of carbonyl (C=O) groups excluding carboxylic acids is 1. The lowest BCUT2D eigenvalue weighted by atomic mass is 10.1. The molecule has 0 aliphatic rings. The van der Waals surface area contributed by atoms with Crippen LogP contribution in [-0.2, 0) is 12.8 Å². The van der Waals surface area contributed by atoms with Gasteiger partial charge in [-0.3, -0.25) is 5.32 Å². The molecule has 2 N–H and O–H groups in total. The van der Waals surface area contributed by atoms with Gasteiger partial charge in [0.25, 0.3) is 0 Å². The number of aromatic nitrogens is 1. The molecule has 0 bridgehead atoms. The number of amides is 2. The van der Waals surface area contributed by atoms with Crippen molar-refractivity contribution in [2.24, 2.45) is 0 Å². The Bertz CT molecular complexity index is 585. The number of urea groups is 1. The minimum atomic E-state index is -0.232. The molecule has 1 aromatic carbocycles. The van der Waals surface area contributed by atoms with Crippen molar-refractivity contribution < 1.29 is 4.79 Å². The fraction of sp³-hybridized carbons (Fsp3) is 0.286. The zero-order valence-electron chi connectivity index (χ0n) is 11.1. The van der Waals surface area contributed by atoms with E-state index in [2.05, 4.69) is 15.6 Å². The van der Waals surface area contributed by atoms with Crippen molar-refractivity contribution >= 4 is 34.1 Å². The number of hydrogen-bond donors (Lipinski definition) is 2. The SMILES string of the molecule is CCc1csc(NC(=O)NCCc2cccc(Cl)c2)n1. The van der Waals surface area contributed by atoms with Crippen LogP contribution >= 0.6 is 22.9 Å². The Morgan fingerprint density at radius 1 is 1.45 bits per heavy atom. The maximum Gasteiger partial charge on any atom is 0.321 e. The number of nitrogens with one attached hydrogen (secondary N) is 2. The largest absolute Gasteiger partial charge is 0.337 e. The number of thiazole rings is 1. The molecule has 6 heteroatoms. The van der Waals surface area contributed by atoms with Crippen LogP contribution in [0.3, 0.4) is 0 Å². The van der Waals surface area contributed by atoms with Crippen LogP contribution in [-0.4, -0.2) is 17.6 Å². The van der Waals surface area contributed by atoms with Gasteiger partial charge in [-0.05, 0) is 30.5 Å². The molecule has 1 heterocycles. The van der Waals surface area contributed by atoms with Crippen molar-refractivity contribution in [2.75, 3.05) is 11.9 Å². The van der Waals surface area contributed by atoms with Gasteiger partial charge < -0.3 is 5.32 Å². The number of nitrogens with zero attached hydrogens (tertiary/aromatic N) is 1. The summed E-state index contributed by atoms with van der Waals surface area (Å²) in [4.78, 5) is 16.0. The Morgan fingerprint density at radius 2 is 2.30 bits per heavy atom. The van der Waals surface area contributed by atoms with Crippen LogP contribution in [0.1, 0.15) is 18.2 Å². The van der Waals surface area contributed by atoms with E-state index in [4.69, 9.17) is 11.6 Å². The molecule has 0 saturated heterocycles. The molecule has 20 heavy (non-hydrogen) atoms. The van der Waals surface area contributed by atoms with E-state index in [1.54, 1.807) is 0 Å². The van der Waals surface area contributed by atoms with Crippen LogP contribution in [0.2, 0.25) is 5.02 Å². The van der Waals surface area contributed by atoms with Gasteiger partial charge in [0, 0.05) is 16.9 Å². The van der Waals surface area contributed by atoms with Crippen LogP contribution in [0.25, 0.3) is 0 Å². The van der Waals surface area contributed by atoms with Crippen LogP contribution in [0, 0.1) is 0 Å². The quantitative estimate of drug-likeness (QED) is 0.884. The van der Waals surface area contributed by atoms with Crippen molar-refractivity contribution in [1.82, 2.24) is 10.3 Å². The third-order valence-electron chi connectivity index (χ3n) is 2.72. The average molecular weight is 310 g/mol. The number of benzene rings is 1. The Kier molecular flexibility index (Phi) is 5.38. The van der Waals surface area contributed by atoms with Crippen molar-refractivity contribution in [3.63, 3.8) is 0 Å². The summed E-state index contributed by atoms with van der Waals surface area (Å²) in [6.45, 7) is 2.59. The van der Waals surface area contributed by atoms with Gasteiger partial charge in [-0.1, -0.05) is 30.7 Å². The van der Waals surface area contributed by atoms with Gasteiger partial charge in [0.2, 0.25) is 0 Å². The third kappa shape index (κ3) is 4.51. The minimum Gasteiger partial charge on any atom is -0.337 e. The fourth-order valence-corrected chi connectivity index (χ4v) is 2.68. The van der Waals surface area contributed by atoms with E-state index in [0.717, 1.165) is 24.1 Å². The van der Waals surface area contributed by atoms with Gasteiger partial charge in [0.05, 0.1) is 5.69 Å². The second-order valence-electron chi connectivity index (χ2n) is 4.26. The molecule has 0 radical (unpaired) electrons. The zero-order valence-corrected chi connectivity index (χ0v) is 12.7. The first-order valence-corrected chi connectivity index (χ1v) is 7.67. The second-order valence-corrected chi connectivity index (χ2v) is 5.55. The molecule has 1 aromatic heterocycles. The van der Waals surface area contributed by atoms with E-state index < -0.39 is 0 Å². The molecule has 0 unspecified atom stereocenters. The third-order valence-corrected chi connectivity index (χ3v) is 3.76. The molecule has 0 saturated carbocycles. The molecule has 2 rings (SSSR count). The Morgan fingerprint density at radius 3 is 3.00 bits per heavy atom. The van der Waals surface area contributed by atoms with Crippen LogP contribution in [0.4, 0.5) is 9.93 Å². The normalized spacial score (nSPS) is 10.3. The van der Waals surface area contributed by atoms with Crippen LogP contribution < -0.4 is 10.6 Å². The van der Waals surface area contributed by atoms with E-state index >= 15 is 0 Å². The van der Waals surface area contributed by atoms with Crippen LogP contribution in [0.15, 0.2) is 29.6 Å². The number of anilines is 1. The topological polar surface area (TPSA) is 54.0 Å². The lowest BCUT2D eigenvalue weighted by molar-refractivity contribution is 0.252. The number of rotatable bonds is 5. The lowest BCUT2D eigenvalue weighted by Crippen LogP contribution is -2.30. The summed E-state index contributed by atoms with van der Waals surface area (Å²) in [5.41, 5.74) is 2.09. The van der Waals surface area contributed by atoms with Crippen molar-refractivity contribution in [1.29, 1.82) is 0 Å². The molecule has 2 aromatic rings. The molecule has 0 aliphatic heterocycles. The second kappa shape index (κ2) is 7.26. The Balaban J connectivity index is 1.75. The summed E-state index contributed by atoms with van der Waals surface area (Å²) < 4.78 is 0. The maximum absolute atomic E-state index is 11.7. The summed E-state index contributed by atoms with van der Waals surface area (Å²) in [6.07, 6.45) is 1.61. The number of carbonyl (C=O) groups is 1. The minimum absolute atomic E-state index is 0.232. The van der Waals surface area contributed by atoms with E-state index in [1.807, 2.05) is 36.6 Å². The number of halogens is 1. The Labute approximate surface area is 127 Å². The first kappa shape index (κ1) is 14.8. The number of aryl methyl sites for hydroxylation is 1. The monoisotopic (exact) mass is 309 g/mol. The van der Waals surface area contributed by atoms with Gasteiger partial charge >= 0.3 is 6.03 Å². The summed E-state index contributed by atoms with van der Waals surface area (Å²) >= 11 is 7.34. The predicted octanol–water partition coefficient (Wildman–Crippen LogP) is 3.72. The standard InChI is InChI=1S/C14H16ClN3OS/c1-2-12-9-20-14(17-12)18-13(19)16-7-6-10-4-3-5-11(15)8-10/h3-5,8-9H,2,6-7H2,1H3,(H2,16,17,18,19). The molecule has 106 valence electrons. The fourth-order valence-electron chi connectivity index (χ4n) is 1.68. The van der Waals surface area contributed by atoms with Gasteiger partial charge in [-0.2, -0.15) is 0 Å².